The minimum Gasteiger partial charge on any atom is -0.396 e. The third-order valence-corrected chi connectivity index (χ3v) is 3.15. The van der Waals surface area contributed by atoms with Crippen LogP contribution in [-0.2, 0) is 0 Å². The number of aliphatic hydroxyl groups excluding tert-OH is 1. The van der Waals surface area contributed by atoms with Gasteiger partial charge in [0.2, 0.25) is 0 Å². The van der Waals surface area contributed by atoms with Gasteiger partial charge in [0.05, 0.1) is 5.56 Å². The minimum absolute atomic E-state index is 0.0739. The third-order valence-electron chi connectivity index (χ3n) is 3.15. The molecule has 1 aromatic rings. The second-order valence-electron chi connectivity index (χ2n) is 4.86. The molecule has 0 aliphatic carbocycles. The summed E-state index contributed by atoms with van der Waals surface area (Å²) in [5.74, 6) is -0.643. The first-order valence-corrected chi connectivity index (χ1v) is 6.73. The molecule has 2 N–H and O–H groups in total. The Labute approximate surface area is 113 Å². The van der Waals surface area contributed by atoms with Crippen LogP contribution in [0.25, 0.3) is 0 Å². The SMILES string of the molecule is CCCC(CCO)CNC(=O)c1ccc(C)cc1F. The predicted molar refractivity (Wildman–Crippen MR) is 73.6 cm³/mol. The molecule has 0 radical (unpaired) electrons. The highest BCUT2D eigenvalue weighted by atomic mass is 19.1. The molecule has 0 bridgehead atoms. The van der Waals surface area contributed by atoms with Crippen LogP contribution in [0.15, 0.2) is 18.2 Å². The van der Waals surface area contributed by atoms with Crippen molar-refractivity contribution in [2.45, 2.75) is 33.1 Å². The van der Waals surface area contributed by atoms with Gasteiger partial charge in [0.15, 0.2) is 0 Å². The Morgan fingerprint density at radius 3 is 2.74 bits per heavy atom. The van der Waals surface area contributed by atoms with E-state index in [-0.39, 0.29) is 18.1 Å². The normalized spacial score (nSPS) is 12.2. The van der Waals surface area contributed by atoms with E-state index in [1.807, 2.05) is 0 Å². The Morgan fingerprint density at radius 2 is 2.16 bits per heavy atom. The van der Waals surface area contributed by atoms with E-state index < -0.39 is 11.7 Å². The largest absolute Gasteiger partial charge is 0.396 e. The number of carbonyl (C=O) groups excluding carboxylic acids is 1. The monoisotopic (exact) mass is 267 g/mol. The van der Waals surface area contributed by atoms with Crippen LogP contribution in [0.3, 0.4) is 0 Å². The molecule has 0 aromatic heterocycles. The zero-order valence-corrected chi connectivity index (χ0v) is 11.6. The van der Waals surface area contributed by atoms with Crippen molar-refractivity contribution in [2.75, 3.05) is 13.2 Å². The van der Waals surface area contributed by atoms with Gasteiger partial charge in [-0.3, -0.25) is 4.79 Å². The Hall–Kier alpha value is -1.42. The molecule has 106 valence electrons. The lowest BCUT2D eigenvalue weighted by molar-refractivity contribution is 0.0939. The second-order valence-corrected chi connectivity index (χ2v) is 4.86. The van der Waals surface area contributed by atoms with E-state index in [4.69, 9.17) is 5.11 Å². The first-order chi connectivity index (χ1) is 9.08. The highest BCUT2D eigenvalue weighted by molar-refractivity contribution is 5.94. The van der Waals surface area contributed by atoms with Crippen molar-refractivity contribution in [3.63, 3.8) is 0 Å². The van der Waals surface area contributed by atoms with Crippen LogP contribution in [0.2, 0.25) is 0 Å². The van der Waals surface area contributed by atoms with Gasteiger partial charge in [-0.25, -0.2) is 4.39 Å². The number of hydrogen-bond acceptors (Lipinski definition) is 2. The van der Waals surface area contributed by atoms with Crippen molar-refractivity contribution < 1.29 is 14.3 Å². The highest BCUT2D eigenvalue weighted by Gasteiger charge is 2.13. The van der Waals surface area contributed by atoms with E-state index in [9.17, 15) is 9.18 Å². The maximum atomic E-state index is 13.6. The molecule has 1 amide bonds. The fraction of sp³-hybridized carbons (Fsp3) is 0.533. The molecule has 0 aliphatic rings. The predicted octanol–water partition coefficient (Wildman–Crippen LogP) is 2.66. The fourth-order valence-corrected chi connectivity index (χ4v) is 2.08. The zero-order chi connectivity index (χ0) is 14.3. The number of hydrogen-bond donors (Lipinski definition) is 2. The molecule has 0 saturated carbocycles. The molecule has 1 atom stereocenters. The Balaban J connectivity index is 2.58. The number of amides is 1. The van der Waals surface area contributed by atoms with Gasteiger partial charge in [0, 0.05) is 13.2 Å². The highest BCUT2D eigenvalue weighted by Crippen LogP contribution is 2.12. The Kier molecular flexibility index (Phi) is 6.50. The number of benzene rings is 1. The smallest absolute Gasteiger partial charge is 0.254 e. The molecule has 19 heavy (non-hydrogen) atoms. The lowest BCUT2D eigenvalue weighted by Gasteiger charge is -2.15. The van der Waals surface area contributed by atoms with Crippen LogP contribution in [0.5, 0.6) is 0 Å². The number of aliphatic hydroxyl groups is 1. The molecule has 0 fully saturated rings. The van der Waals surface area contributed by atoms with Crippen molar-refractivity contribution in [1.29, 1.82) is 0 Å². The van der Waals surface area contributed by atoms with Gasteiger partial charge in [-0.15, -0.1) is 0 Å². The van der Waals surface area contributed by atoms with Gasteiger partial charge in [-0.1, -0.05) is 19.4 Å². The molecule has 3 nitrogen and oxygen atoms in total. The molecule has 1 aromatic carbocycles. The van der Waals surface area contributed by atoms with Crippen molar-refractivity contribution in [1.82, 2.24) is 5.32 Å². The lowest BCUT2D eigenvalue weighted by atomic mass is 10.00. The summed E-state index contributed by atoms with van der Waals surface area (Å²) < 4.78 is 13.6. The van der Waals surface area contributed by atoms with Gasteiger partial charge >= 0.3 is 0 Å². The van der Waals surface area contributed by atoms with Gasteiger partial charge in [-0.05, 0) is 43.4 Å². The van der Waals surface area contributed by atoms with Crippen molar-refractivity contribution in [3.8, 4) is 0 Å². The van der Waals surface area contributed by atoms with Crippen LogP contribution in [0, 0.1) is 18.7 Å². The van der Waals surface area contributed by atoms with Crippen LogP contribution in [0.1, 0.15) is 42.1 Å². The molecule has 1 unspecified atom stereocenters. The van der Waals surface area contributed by atoms with Crippen molar-refractivity contribution >= 4 is 5.91 Å². The summed E-state index contributed by atoms with van der Waals surface area (Å²) >= 11 is 0. The van der Waals surface area contributed by atoms with Gasteiger partial charge < -0.3 is 10.4 Å². The first kappa shape index (κ1) is 15.6. The standard InChI is InChI=1S/C15H22FNO2/c1-3-4-12(7-8-18)10-17-15(19)13-6-5-11(2)9-14(13)16/h5-6,9,12,18H,3-4,7-8,10H2,1-2H3,(H,17,19). The zero-order valence-electron chi connectivity index (χ0n) is 11.6. The van der Waals surface area contributed by atoms with Crippen molar-refractivity contribution in [2.24, 2.45) is 5.92 Å². The molecular formula is C15H22FNO2. The summed E-state index contributed by atoms with van der Waals surface area (Å²) in [6, 6.07) is 4.57. The Bertz CT molecular complexity index is 415. The number of nitrogens with one attached hydrogen (secondary N) is 1. The molecule has 0 heterocycles. The minimum atomic E-state index is -0.494. The summed E-state index contributed by atoms with van der Waals surface area (Å²) in [6.45, 7) is 4.43. The van der Waals surface area contributed by atoms with Crippen LogP contribution < -0.4 is 5.32 Å². The molecule has 0 spiro atoms. The summed E-state index contributed by atoms with van der Waals surface area (Å²) in [5, 5.41) is 11.7. The summed E-state index contributed by atoms with van der Waals surface area (Å²) in [4.78, 5) is 11.9. The molecule has 4 heteroatoms. The number of aryl methyl sites for hydroxylation is 1. The number of carbonyl (C=O) groups is 1. The summed E-state index contributed by atoms with van der Waals surface area (Å²) in [5.41, 5.74) is 0.864. The lowest BCUT2D eigenvalue weighted by Crippen LogP contribution is -2.30. The topological polar surface area (TPSA) is 49.3 Å². The van der Waals surface area contributed by atoms with E-state index in [1.165, 1.54) is 12.1 Å². The van der Waals surface area contributed by atoms with E-state index in [2.05, 4.69) is 12.2 Å². The average molecular weight is 267 g/mol. The number of rotatable bonds is 7. The molecule has 0 saturated heterocycles. The van der Waals surface area contributed by atoms with E-state index >= 15 is 0 Å². The molecule has 1 rings (SSSR count). The maximum absolute atomic E-state index is 13.6. The summed E-state index contributed by atoms with van der Waals surface area (Å²) in [7, 11) is 0. The first-order valence-electron chi connectivity index (χ1n) is 6.73. The van der Waals surface area contributed by atoms with E-state index in [0.717, 1.165) is 18.4 Å². The van der Waals surface area contributed by atoms with Crippen LogP contribution in [0.4, 0.5) is 4.39 Å². The van der Waals surface area contributed by atoms with Crippen molar-refractivity contribution in [3.05, 3.63) is 35.1 Å². The maximum Gasteiger partial charge on any atom is 0.254 e. The van der Waals surface area contributed by atoms with E-state index in [1.54, 1.807) is 13.0 Å². The second kappa shape index (κ2) is 7.89. The molecule has 0 aliphatic heterocycles. The van der Waals surface area contributed by atoms with Crippen LogP contribution >= 0.6 is 0 Å². The average Bonchev–Trinajstić information content (AvgIpc) is 2.36. The van der Waals surface area contributed by atoms with E-state index in [0.29, 0.717) is 13.0 Å². The number of halogens is 1. The summed E-state index contributed by atoms with van der Waals surface area (Å²) in [6.07, 6.45) is 2.60. The molecular weight excluding hydrogens is 245 g/mol. The van der Waals surface area contributed by atoms with Gasteiger partial charge in [0.25, 0.3) is 5.91 Å². The Morgan fingerprint density at radius 1 is 1.42 bits per heavy atom. The van der Waals surface area contributed by atoms with Crippen LogP contribution in [-0.4, -0.2) is 24.2 Å². The van der Waals surface area contributed by atoms with Gasteiger partial charge in [0.1, 0.15) is 5.82 Å². The third kappa shape index (κ3) is 4.99. The quantitative estimate of drug-likeness (QED) is 0.798. The van der Waals surface area contributed by atoms with Gasteiger partial charge in [-0.2, -0.15) is 0 Å². The fourth-order valence-electron chi connectivity index (χ4n) is 2.08.